The van der Waals surface area contributed by atoms with E-state index in [0.717, 1.165) is 0 Å². The third kappa shape index (κ3) is 4.00. The number of ether oxygens (including phenoxy) is 2. The predicted molar refractivity (Wildman–Crippen MR) is 77.2 cm³/mol. The number of rotatable bonds is 4. The van der Waals surface area contributed by atoms with Crippen LogP contribution in [0.3, 0.4) is 0 Å². The minimum atomic E-state index is -0.704. The molecule has 0 aromatic heterocycles. The molecule has 0 unspecified atom stereocenters. The van der Waals surface area contributed by atoms with Gasteiger partial charge in [0.25, 0.3) is 0 Å². The van der Waals surface area contributed by atoms with E-state index < -0.39 is 5.97 Å². The monoisotopic (exact) mass is 339 g/mol. The van der Waals surface area contributed by atoms with Gasteiger partial charge in [0.15, 0.2) is 11.5 Å². The molecule has 0 saturated heterocycles. The predicted octanol–water partition coefficient (Wildman–Crippen LogP) is 3.02. The van der Waals surface area contributed by atoms with Gasteiger partial charge < -0.3 is 14.6 Å². The average Bonchev–Trinajstić information content (AvgIpc) is 2.38. The average molecular weight is 340 g/mol. The first-order valence-corrected chi connectivity index (χ1v) is 6.57. The standard InChI is InChI=1S/C14H14BrNO4/c1-8(2)20-14(18)10(7-16)4-9-5-12(17)13(19-3)6-11(9)15/h4-6,8,17H,1-3H3/b10-4+. The highest BCUT2D eigenvalue weighted by atomic mass is 79.9. The maximum atomic E-state index is 11.7. The van der Waals surface area contributed by atoms with E-state index in [2.05, 4.69) is 15.9 Å². The molecule has 0 atom stereocenters. The molecule has 6 heteroatoms. The number of hydrogen-bond donors (Lipinski definition) is 1. The minimum Gasteiger partial charge on any atom is -0.504 e. The van der Waals surface area contributed by atoms with Gasteiger partial charge in [-0.25, -0.2) is 4.79 Å². The van der Waals surface area contributed by atoms with Crippen LogP contribution in [-0.2, 0) is 9.53 Å². The molecular weight excluding hydrogens is 326 g/mol. The number of halogens is 1. The van der Waals surface area contributed by atoms with Crippen LogP contribution in [0.1, 0.15) is 19.4 Å². The second-order valence-corrected chi connectivity index (χ2v) is 5.02. The molecular formula is C14H14BrNO4. The highest BCUT2D eigenvalue weighted by molar-refractivity contribution is 9.10. The molecule has 20 heavy (non-hydrogen) atoms. The number of esters is 1. The van der Waals surface area contributed by atoms with Gasteiger partial charge in [-0.2, -0.15) is 5.26 Å². The number of benzene rings is 1. The van der Waals surface area contributed by atoms with Crippen molar-refractivity contribution < 1.29 is 19.4 Å². The summed E-state index contributed by atoms with van der Waals surface area (Å²) < 4.78 is 10.5. The fourth-order valence-corrected chi connectivity index (χ4v) is 1.84. The van der Waals surface area contributed by atoms with Gasteiger partial charge >= 0.3 is 5.97 Å². The van der Waals surface area contributed by atoms with Crippen LogP contribution in [0, 0.1) is 11.3 Å². The van der Waals surface area contributed by atoms with E-state index >= 15 is 0 Å². The van der Waals surface area contributed by atoms with Crippen LogP contribution in [0.4, 0.5) is 0 Å². The van der Waals surface area contributed by atoms with E-state index in [0.29, 0.717) is 10.0 Å². The number of phenols is 1. The van der Waals surface area contributed by atoms with E-state index in [1.165, 1.54) is 19.3 Å². The van der Waals surface area contributed by atoms with Crippen molar-refractivity contribution in [2.24, 2.45) is 0 Å². The number of aromatic hydroxyl groups is 1. The summed E-state index contributed by atoms with van der Waals surface area (Å²) in [5, 5.41) is 18.7. The number of nitriles is 1. The minimum absolute atomic E-state index is 0.0866. The first-order valence-electron chi connectivity index (χ1n) is 5.78. The van der Waals surface area contributed by atoms with E-state index in [4.69, 9.17) is 14.7 Å². The Bertz CT molecular complexity index is 588. The molecule has 0 radical (unpaired) electrons. The summed E-state index contributed by atoms with van der Waals surface area (Å²) in [5.41, 5.74) is 0.324. The molecule has 0 aliphatic heterocycles. The van der Waals surface area contributed by atoms with Crippen molar-refractivity contribution in [2.75, 3.05) is 7.11 Å². The highest BCUT2D eigenvalue weighted by Crippen LogP contribution is 2.33. The van der Waals surface area contributed by atoms with Gasteiger partial charge in [0.1, 0.15) is 11.6 Å². The normalized spacial score (nSPS) is 11.1. The van der Waals surface area contributed by atoms with Crippen molar-refractivity contribution >= 4 is 28.0 Å². The van der Waals surface area contributed by atoms with Gasteiger partial charge in [0.05, 0.1) is 13.2 Å². The summed E-state index contributed by atoms with van der Waals surface area (Å²) in [4.78, 5) is 11.7. The van der Waals surface area contributed by atoms with E-state index in [1.807, 2.05) is 0 Å². The number of methoxy groups -OCH3 is 1. The van der Waals surface area contributed by atoms with E-state index in [-0.39, 0.29) is 23.2 Å². The number of phenolic OH excluding ortho intramolecular Hbond substituents is 1. The van der Waals surface area contributed by atoms with Crippen molar-refractivity contribution in [3.05, 3.63) is 27.7 Å². The van der Waals surface area contributed by atoms with Crippen molar-refractivity contribution in [1.29, 1.82) is 5.26 Å². The second-order valence-electron chi connectivity index (χ2n) is 4.17. The van der Waals surface area contributed by atoms with Crippen LogP contribution < -0.4 is 4.74 Å². The maximum Gasteiger partial charge on any atom is 0.349 e. The summed E-state index contributed by atoms with van der Waals surface area (Å²) in [6.45, 7) is 3.39. The Balaban J connectivity index is 3.17. The van der Waals surface area contributed by atoms with Crippen LogP contribution in [0.25, 0.3) is 6.08 Å². The Morgan fingerprint density at radius 1 is 1.50 bits per heavy atom. The first-order chi connectivity index (χ1) is 9.38. The lowest BCUT2D eigenvalue weighted by atomic mass is 10.1. The largest absolute Gasteiger partial charge is 0.504 e. The zero-order chi connectivity index (χ0) is 15.3. The lowest BCUT2D eigenvalue weighted by Crippen LogP contribution is -2.12. The number of carbonyl (C=O) groups excluding carboxylic acids is 1. The highest BCUT2D eigenvalue weighted by Gasteiger charge is 2.14. The quantitative estimate of drug-likeness (QED) is 0.518. The van der Waals surface area contributed by atoms with Gasteiger partial charge in [-0.05, 0) is 37.6 Å². The zero-order valence-corrected chi connectivity index (χ0v) is 12.9. The third-order valence-electron chi connectivity index (χ3n) is 2.28. The molecule has 0 spiro atoms. The fraction of sp³-hybridized carbons (Fsp3) is 0.286. The Morgan fingerprint density at radius 2 is 2.15 bits per heavy atom. The lowest BCUT2D eigenvalue weighted by Gasteiger charge is -2.08. The Labute approximate surface area is 125 Å². The van der Waals surface area contributed by atoms with E-state index in [9.17, 15) is 9.90 Å². The van der Waals surface area contributed by atoms with Crippen LogP contribution in [-0.4, -0.2) is 24.3 Å². The van der Waals surface area contributed by atoms with Gasteiger partial charge in [0.2, 0.25) is 0 Å². The van der Waals surface area contributed by atoms with Gasteiger partial charge in [-0.15, -0.1) is 0 Å². The van der Waals surface area contributed by atoms with Gasteiger partial charge in [-0.3, -0.25) is 0 Å². The van der Waals surface area contributed by atoms with Crippen molar-refractivity contribution in [3.63, 3.8) is 0 Å². The van der Waals surface area contributed by atoms with Crippen molar-refractivity contribution in [1.82, 2.24) is 0 Å². The Kier molecular flexibility index (Phi) is 5.59. The Morgan fingerprint density at radius 3 is 2.65 bits per heavy atom. The topological polar surface area (TPSA) is 79.5 Å². The van der Waals surface area contributed by atoms with Crippen LogP contribution in [0.5, 0.6) is 11.5 Å². The van der Waals surface area contributed by atoms with Gasteiger partial charge in [-0.1, -0.05) is 15.9 Å². The maximum absolute atomic E-state index is 11.7. The molecule has 1 aromatic carbocycles. The lowest BCUT2D eigenvalue weighted by molar-refractivity contribution is -0.142. The molecule has 0 aliphatic rings. The molecule has 1 rings (SSSR count). The molecule has 0 heterocycles. The number of carbonyl (C=O) groups is 1. The molecule has 0 fully saturated rings. The molecule has 0 aliphatic carbocycles. The third-order valence-corrected chi connectivity index (χ3v) is 2.97. The summed E-state index contributed by atoms with van der Waals surface area (Å²) in [5.74, 6) is -0.501. The first kappa shape index (κ1) is 16.1. The van der Waals surface area contributed by atoms with Crippen LogP contribution in [0.2, 0.25) is 0 Å². The van der Waals surface area contributed by atoms with Crippen molar-refractivity contribution in [2.45, 2.75) is 20.0 Å². The molecule has 1 N–H and O–H groups in total. The van der Waals surface area contributed by atoms with Crippen LogP contribution in [0.15, 0.2) is 22.2 Å². The second kappa shape index (κ2) is 6.96. The summed E-state index contributed by atoms with van der Waals surface area (Å²) >= 11 is 3.28. The SMILES string of the molecule is COc1cc(Br)c(/C=C(\C#N)C(=O)OC(C)C)cc1O. The van der Waals surface area contributed by atoms with Crippen LogP contribution >= 0.6 is 15.9 Å². The zero-order valence-electron chi connectivity index (χ0n) is 11.3. The molecule has 0 bridgehead atoms. The summed E-state index contributed by atoms with van der Waals surface area (Å²) in [7, 11) is 1.43. The van der Waals surface area contributed by atoms with Crippen molar-refractivity contribution in [3.8, 4) is 17.6 Å². The number of nitrogens with zero attached hydrogens (tertiary/aromatic N) is 1. The summed E-state index contributed by atoms with van der Waals surface area (Å²) in [6, 6.07) is 4.72. The van der Waals surface area contributed by atoms with E-state index in [1.54, 1.807) is 26.0 Å². The molecule has 5 nitrogen and oxygen atoms in total. The number of hydrogen-bond acceptors (Lipinski definition) is 5. The molecule has 0 saturated carbocycles. The van der Waals surface area contributed by atoms with Gasteiger partial charge in [0, 0.05) is 4.47 Å². The molecule has 106 valence electrons. The smallest absolute Gasteiger partial charge is 0.349 e. The molecule has 1 aromatic rings. The summed E-state index contributed by atoms with van der Waals surface area (Å²) in [6.07, 6.45) is 1.03. The fourth-order valence-electron chi connectivity index (χ4n) is 1.40. The molecule has 0 amide bonds. The Hall–Kier alpha value is -2.00.